The van der Waals surface area contributed by atoms with Crippen LogP contribution in [0.3, 0.4) is 0 Å². The second-order valence-electron chi connectivity index (χ2n) is 16.0. The minimum atomic E-state index is -0.850. The highest BCUT2D eigenvalue weighted by atomic mass is 16.6. The third kappa shape index (κ3) is 12.9. The van der Waals surface area contributed by atoms with Crippen molar-refractivity contribution in [3.63, 3.8) is 0 Å². The number of hydrogen-bond acceptors (Lipinski definition) is 9. The summed E-state index contributed by atoms with van der Waals surface area (Å²) in [5.41, 5.74) is 5.13. The van der Waals surface area contributed by atoms with E-state index in [2.05, 4.69) is 60.6 Å². The second kappa shape index (κ2) is 20.7. The van der Waals surface area contributed by atoms with E-state index < -0.39 is 17.7 Å². The number of anilines is 1. The van der Waals surface area contributed by atoms with Crippen molar-refractivity contribution in [1.29, 1.82) is 0 Å². The van der Waals surface area contributed by atoms with E-state index in [0.29, 0.717) is 43.0 Å². The summed E-state index contributed by atoms with van der Waals surface area (Å²) in [6.45, 7) is 15.8. The number of alkyl carbamates (subject to hydrolysis) is 1. The van der Waals surface area contributed by atoms with E-state index in [9.17, 15) is 19.2 Å². The SMILES string of the molecule is CCN(CC)CCCNC(=O)c1ccc(C)c(-c2ccc(C[C@H](NC(=O)C3CCC(CNC(=O)OC(C)(C)C)CC3)C(=O)Nc3ccc(-c4nn[nH]n4)cc3)cc2)c1. The number of nitrogens with one attached hydrogen (secondary N) is 5. The molecule has 1 aliphatic rings. The van der Waals surface area contributed by atoms with Crippen molar-refractivity contribution in [3.8, 4) is 22.5 Å². The molecule has 3 aromatic carbocycles. The number of H-pyrrole nitrogens is 1. The fourth-order valence-corrected chi connectivity index (χ4v) is 7.16. The lowest BCUT2D eigenvalue weighted by molar-refractivity contribution is -0.130. The fraction of sp³-hybridized carbons (Fsp3) is 0.477. The molecule has 0 saturated heterocycles. The number of rotatable bonds is 17. The molecule has 1 fully saturated rings. The first-order valence-corrected chi connectivity index (χ1v) is 20.4. The smallest absolute Gasteiger partial charge is 0.407 e. The Morgan fingerprint density at radius 2 is 1.59 bits per heavy atom. The van der Waals surface area contributed by atoms with Gasteiger partial charge in [-0.2, -0.15) is 5.21 Å². The van der Waals surface area contributed by atoms with E-state index in [4.69, 9.17) is 4.74 Å². The number of aryl methyl sites for hydroxylation is 1. The maximum Gasteiger partial charge on any atom is 0.407 e. The Morgan fingerprint density at radius 1 is 0.897 bits per heavy atom. The van der Waals surface area contributed by atoms with Crippen LogP contribution in [0.25, 0.3) is 22.5 Å². The number of aromatic amines is 1. The molecule has 14 heteroatoms. The highest BCUT2D eigenvalue weighted by Gasteiger charge is 2.30. The van der Waals surface area contributed by atoms with Crippen molar-refractivity contribution in [1.82, 2.24) is 41.5 Å². The summed E-state index contributed by atoms with van der Waals surface area (Å²) in [6.07, 6.45) is 3.57. The van der Waals surface area contributed by atoms with Gasteiger partial charge in [0, 0.05) is 42.2 Å². The Morgan fingerprint density at radius 3 is 2.22 bits per heavy atom. The number of tetrazole rings is 1. The number of carbonyl (C=O) groups excluding carboxylic acids is 4. The van der Waals surface area contributed by atoms with Crippen molar-refractivity contribution in [2.75, 3.05) is 38.0 Å². The topological polar surface area (TPSA) is 183 Å². The molecule has 0 radical (unpaired) electrons. The standard InChI is InChI=1S/C44H59N9O5/c1-7-53(8-2)25-9-24-45-40(54)35-15-10-29(3)37(27-35)32-16-11-30(12-17-32)26-38(42(56)47-36-22-20-33(21-23-36)39-49-51-52-50-39)48-41(55)34-18-13-31(14-19-34)28-46-43(57)58-44(4,5)6/h10-12,15-17,20-23,27,31,34,38H,7-9,13-14,18-19,24-26,28H2,1-6H3,(H,45,54)(H,46,57)(H,47,56)(H,48,55)(H,49,50,51,52)/t31?,34?,38-/m0/s1. The van der Waals surface area contributed by atoms with Crippen molar-refractivity contribution in [3.05, 3.63) is 83.4 Å². The molecule has 5 rings (SSSR count). The predicted molar refractivity (Wildman–Crippen MR) is 225 cm³/mol. The van der Waals surface area contributed by atoms with E-state index in [-0.39, 0.29) is 36.0 Å². The first kappa shape index (κ1) is 43.5. The zero-order chi connectivity index (χ0) is 41.7. The summed E-state index contributed by atoms with van der Waals surface area (Å²) < 4.78 is 5.36. The number of aromatic nitrogens is 4. The number of ether oxygens (including phenoxy) is 1. The molecule has 310 valence electrons. The van der Waals surface area contributed by atoms with Gasteiger partial charge in [0.15, 0.2) is 0 Å². The minimum absolute atomic E-state index is 0.0996. The quantitative estimate of drug-likeness (QED) is 0.0766. The van der Waals surface area contributed by atoms with Gasteiger partial charge in [0.25, 0.3) is 5.91 Å². The second-order valence-corrected chi connectivity index (χ2v) is 16.0. The average Bonchev–Trinajstić information content (AvgIpc) is 3.75. The van der Waals surface area contributed by atoms with Gasteiger partial charge in [0.05, 0.1) is 0 Å². The molecule has 1 aliphatic carbocycles. The van der Waals surface area contributed by atoms with Gasteiger partial charge < -0.3 is 30.9 Å². The van der Waals surface area contributed by atoms with Gasteiger partial charge in [-0.25, -0.2) is 4.79 Å². The third-order valence-corrected chi connectivity index (χ3v) is 10.6. The Balaban J connectivity index is 1.24. The van der Waals surface area contributed by atoms with Gasteiger partial charge in [-0.05, 0) is 149 Å². The van der Waals surface area contributed by atoms with Gasteiger partial charge in [0.1, 0.15) is 11.6 Å². The summed E-state index contributed by atoms with van der Waals surface area (Å²) in [4.78, 5) is 55.2. The summed E-state index contributed by atoms with van der Waals surface area (Å²) in [5, 5.41) is 26.0. The lowest BCUT2D eigenvalue weighted by Crippen LogP contribution is -2.48. The molecule has 1 heterocycles. The van der Waals surface area contributed by atoms with Crippen LogP contribution in [-0.2, 0) is 20.7 Å². The van der Waals surface area contributed by atoms with Crippen LogP contribution in [0.5, 0.6) is 0 Å². The maximum absolute atomic E-state index is 13.9. The molecule has 0 unspecified atom stereocenters. The molecule has 58 heavy (non-hydrogen) atoms. The van der Waals surface area contributed by atoms with Crippen LogP contribution in [0.2, 0.25) is 0 Å². The number of hydrogen-bond donors (Lipinski definition) is 5. The van der Waals surface area contributed by atoms with Crippen molar-refractivity contribution < 1.29 is 23.9 Å². The van der Waals surface area contributed by atoms with Crippen LogP contribution in [0.4, 0.5) is 10.5 Å². The number of benzene rings is 3. The average molecular weight is 794 g/mol. The fourth-order valence-electron chi connectivity index (χ4n) is 7.16. The van der Waals surface area contributed by atoms with E-state index in [1.807, 2.05) is 70.2 Å². The molecule has 1 saturated carbocycles. The van der Waals surface area contributed by atoms with E-state index in [1.54, 1.807) is 24.3 Å². The lowest BCUT2D eigenvalue weighted by atomic mass is 9.81. The van der Waals surface area contributed by atoms with E-state index in [1.165, 1.54) is 0 Å². The molecular formula is C44H59N9O5. The zero-order valence-electron chi connectivity index (χ0n) is 34.7. The highest BCUT2D eigenvalue weighted by Crippen LogP contribution is 2.30. The molecule has 4 amide bonds. The third-order valence-electron chi connectivity index (χ3n) is 10.6. The molecule has 14 nitrogen and oxygen atoms in total. The summed E-state index contributed by atoms with van der Waals surface area (Å²) in [5.74, 6) is -0.176. The first-order chi connectivity index (χ1) is 27.8. The highest BCUT2D eigenvalue weighted by molar-refractivity contribution is 5.98. The van der Waals surface area contributed by atoms with Gasteiger partial charge in [0.2, 0.25) is 17.6 Å². The lowest BCUT2D eigenvalue weighted by Gasteiger charge is -2.29. The number of nitrogens with zero attached hydrogens (tertiary/aromatic N) is 4. The number of carbonyl (C=O) groups is 4. The summed E-state index contributed by atoms with van der Waals surface area (Å²) >= 11 is 0. The Labute approximate surface area is 341 Å². The molecule has 5 N–H and O–H groups in total. The largest absolute Gasteiger partial charge is 0.444 e. The van der Waals surface area contributed by atoms with Crippen LogP contribution in [0, 0.1) is 18.8 Å². The van der Waals surface area contributed by atoms with Gasteiger partial charge in [-0.3, -0.25) is 14.4 Å². The molecular weight excluding hydrogens is 735 g/mol. The maximum atomic E-state index is 13.9. The van der Waals surface area contributed by atoms with Crippen molar-refractivity contribution >= 4 is 29.5 Å². The Bertz CT molecular complexity index is 1950. The Hall–Kier alpha value is -5.63. The number of amides is 4. The van der Waals surface area contributed by atoms with Crippen molar-refractivity contribution in [2.45, 2.75) is 91.7 Å². The molecule has 0 bridgehead atoms. The molecule has 4 aromatic rings. The van der Waals surface area contributed by atoms with Crippen LogP contribution < -0.4 is 21.3 Å². The monoisotopic (exact) mass is 793 g/mol. The molecule has 1 aromatic heterocycles. The van der Waals surface area contributed by atoms with E-state index in [0.717, 1.165) is 66.7 Å². The summed E-state index contributed by atoms with van der Waals surface area (Å²) in [7, 11) is 0. The van der Waals surface area contributed by atoms with Crippen LogP contribution in [0.15, 0.2) is 66.7 Å². The van der Waals surface area contributed by atoms with Crippen LogP contribution in [0.1, 0.15) is 88.2 Å². The zero-order valence-corrected chi connectivity index (χ0v) is 34.7. The molecule has 0 aliphatic heterocycles. The van der Waals surface area contributed by atoms with Gasteiger partial charge in [-0.15, -0.1) is 10.2 Å². The summed E-state index contributed by atoms with van der Waals surface area (Å²) in [6, 6.07) is 19.9. The molecule has 1 atom stereocenters. The first-order valence-electron chi connectivity index (χ1n) is 20.4. The molecule has 0 spiro atoms. The van der Waals surface area contributed by atoms with Crippen LogP contribution >= 0.6 is 0 Å². The van der Waals surface area contributed by atoms with Gasteiger partial charge >= 0.3 is 6.09 Å². The predicted octanol–water partition coefficient (Wildman–Crippen LogP) is 6.30. The van der Waals surface area contributed by atoms with Crippen molar-refractivity contribution in [2.24, 2.45) is 11.8 Å². The Kier molecular flexibility index (Phi) is 15.5. The van der Waals surface area contributed by atoms with Crippen LogP contribution in [-0.4, -0.2) is 93.7 Å². The van der Waals surface area contributed by atoms with E-state index >= 15 is 0 Å². The van der Waals surface area contributed by atoms with Gasteiger partial charge in [-0.1, -0.05) is 44.2 Å². The normalized spacial score (nSPS) is 16.0. The minimum Gasteiger partial charge on any atom is -0.444 e.